The van der Waals surface area contributed by atoms with Crippen LogP contribution in [0, 0.1) is 0 Å². The highest BCUT2D eigenvalue weighted by Crippen LogP contribution is 2.18. The summed E-state index contributed by atoms with van der Waals surface area (Å²) in [6.45, 7) is 4.52. The maximum absolute atomic E-state index is 11.6. The molecule has 0 aliphatic heterocycles. The average Bonchev–Trinajstić information content (AvgIpc) is 3.01. The molecule has 1 saturated carbocycles. The molecule has 0 saturated heterocycles. The minimum absolute atomic E-state index is 0.149. The van der Waals surface area contributed by atoms with Gasteiger partial charge < -0.3 is 15.2 Å². The lowest BCUT2D eigenvalue weighted by molar-refractivity contribution is -0.121. The van der Waals surface area contributed by atoms with Crippen molar-refractivity contribution in [3.8, 4) is 0 Å². The summed E-state index contributed by atoms with van der Waals surface area (Å²) < 4.78 is 2.04. The second kappa shape index (κ2) is 5.82. The summed E-state index contributed by atoms with van der Waals surface area (Å²) in [5.74, 6) is 0.149. The van der Waals surface area contributed by atoms with Gasteiger partial charge >= 0.3 is 0 Å². The minimum atomic E-state index is 0.149. The van der Waals surface area contributed by atoms with Crippen LogP contribution < -0.4 is 10.6 Å². The van der Waals surface area contributed by atoms with Crippen LogP contribution in [0.2, 0.25) is 0 Å². The van der Waals surface area contributed by atoms with Crippen molar-refractivity contribution in [1.82, 2.24) is 20.2 Å². The SMILES string of the molecule is CCNCc1cncn1CCC(=O)NC1CC1. The first kappa shape index (κ1) is 12.1. The fraction of sp³-hybridized carbons (Fsp3) is 0.667. The van der Waals surface area contributed by atoms with Gasteiger partial charge in [-0.05, 0) is 19.4 Å². The molecular weight excluding hydrogens is 216 g/mol. The number of carbonyl (C=O) groups is 1. The molecular formula is C12H20N4O. The molecule has 1 aromatic heterocycles. The molecule has 1 aliphatic rings. The number of carbonyl (C=O) groups excluding carboxylic acids is 1. The van der Waals surface area contributed by atoms with Crippen LogP contribution in [-0.2, 0) is 17.9 Å². The topological polar surface area (TPSA) is 59.0 Å². The summed E-state index contributed by atoms with van der Waals surface area (Å²) in [5.41, 5.74) is 1.13. The lowest BCUT2D eigenvalue weighted by Crippen LogP contribution is -2.26. The van der Waals surface area contributed by atoms with E-state index in [9.17, 15) is 4.79 Å². The van der Waals surface area contributed by atoms with Gasteiger partial charge in [-0.1, -0.05) is 6.92 Å². The Kier molecular flexibility index (Phi) is 4.14. The molecule has 0 bridgehead atoms. The molecule has 0 radical (unpaired) electrons. The molecule has 2 rings (SSSR count). The van der Waals surface area contributed by atoms with Gasteiger partial charge in [-0.25, -0.2) is 4.98 Å². The first-order valence-corrected chi connectivity index (χ1v) is 6.28. The Morgan fingerprint density at radius 2 is 2.41 bits per heavy atom. The van der Waals surface area contributed by atoms with E-state index in [0.29, 0.717) is 19.0 Å². The lowest BCUT2D eigenvalue weighted by atomic mass is 10.3. The zero-order chi connectivity index (χ0) is 12.1. The van der Waals surface area contributed by atoms with E-state index in [4.69, 9.17) is 0 Å². The first-order valence-electron chi connectivity index (χ1n) is 6.28. The number of imidazole rings is 1. The second-order valence-electron chi connectivity index (χ2n) is 4.45. The zero-order valence-electron chi connectivity index (χ0n) is 10.3. The molecule has 0 atom stereocenters. The lowest BCUT2D eigenvalue weighted by Gasteiger charge is -2.08. The van der Waals surface area contributed by atoms with Crippen molar-refractivity contribution in [1.29, 1.82) is 0 Å². The van der Waals surface area contributed by atoms with Crippen molar-refractivity contribution in [2.24, 2.45) is 0 Å². The quantitative estimate of drug-likeness (QED) is 0.731. The largest absolute Gasteiger partial charge is 0.353 e. The summed E-state index contributed by atoms with van der Waals surface area (Å²) in [5, 5.41) is 6.25. The number of aromatic nitrogens is 2. The molecule has 5 heteroatoms. The van der Waals surface area contributed by atoms with Gasteiger partial charge in [0, 0.05) is 31.7 Å². The Hall–Kier alpha value is -1.36. The molecule has 1 fully saturated rings. The molecule has 1 amide bonds. The van der Waals surface area contributed by atoms with E-state index in [1.54, 1.807) is 6.33 Å². The van der Waals surface area contributed by atoms with Gasteiger partial charge in [0.25, 0.3) is 0 Å². The smallest absolute Gasteiger partial charge is 0.222 e. The molecule has 5 nitrogen and oxygen atoms in total. The Balaban J connectivity index is 1.76. The van der Waals surface area contributed by atoms with E-state index in [-0.39, 0.29) is 5.91 Å². The molecule has 17 heavy (non-hydrogen) atoms. The molecule has 1 heterocycles. The highest BCUT2D eigenvalue weighted by Gasteiger charge is 2.22. The van der Waals surface area contributed by atoms with Crippen molar-refractivity contribution < 1.29 is 4.79 Å². The second-order valence-corrected chi connectivity index (χ2v) is 4.45. The van der Waals surface area contributed by atoms with Gasteiger partial charge in [-0.2, -0.15) is 0 Å². The fourth-order valence-corrected chi connectivity index (χ4v) is 1.70. The van der Waals surface area contributed by atoms with Crippen LogP contribution in [0.1, 0.15) is 31.9 Å². The summed E-state index contributed by atoms with van der Waals surface area (Å²) in [6.07, 6.45) is 6.45. The van der Waals surface area contributed by atoms with Crippen molar-refractivity contribution in [3.63, 3.8) is 0 Å². The number of hydrogen-bond donors (Lipinski definition) is 2. The van der Waals surface area contributed by atoms with Gasteiger partial charge in [-0.3, -0.25) is 4.79 Å². The van der Waals surface area contributed by atoms with Crippen LogP contribution in [0.15, 0.2) is 12.5 Å². The number of nitrogens with zero attached hydrogens (tertiary/aromatic N) is 2. The van der Waals surface area contributed by atoms with Crippen molar-refractivity contribution in [2.45, 2.75) is 45.3 Å². The number of hydrogen-bond acceptors (Lipinski definition) is 3. The summed E-state index contributed by atoms with van der Waals surface area (Å²) in [7, 11) is 0. The minimum Gasteiger partial charge on any atom is -0.353 e. The molecule has 0 aromatic carbocycles. The maximum atomic E-state index is 11.6. The summed E-state index contributed by atoms with van der Waals surface area (Å²) >= 11 is 0. The highest BCUT2D eigenvalue weighted by atomic mass is 16.1. The van der Waals surface area contributed by atoms with E-state index in [1.807, 2.05) is 10.8 Å². The number of amides is 1. The van der Waals surface area contributed by atoms with Crippen molar-refractivity contribution in [2.75, 3.05) is 6.54 Å². The number of rotatable bonds is 7. The van der Waals surface area contributed by atoms with E-state index >= 15 is 0 Å². The third-order valence-corrected chi connectivity index (χ3v) is 2.88. The summed E-state index contributed by atoms with van der Waals surface area (Å²) in [4.78, 5) is 15.7. The van der Waals surface area contributed by atoms with E-state index in [2.05, 4.69) is 22.5 Å². The maximum Gasteiger partial charge on any atom is 0.222 e. The Bertz CT molecular complexity index is 370. The number of nitrogens with one attached hydrogen (secondary N) is 2. The van der Waals surface area contributed by atoms with Crippen LogP contribution in [0.3, 0.4) is 0 Å². The molecule has 0 unspecified atom stereocenters. The van der Waals surface area contributed by atoms with Crippen molar-refractivity contribution in [3.05, 3.63) is 18.2 Å². The Labute approximate surface area is 102 Å². The molecule has 0 spiro atoms. The highest BCUT2D eigenvalue weighted by molar-refractivity contribution is 5.76. The number of aryl methyl sites for hydroxylation is 1. The third-order valence-electron chi connectivity index (χ3n) is 2.88. The predicted octanol–water partition coefficient (Wildman–Crippen LogP) is 0.661. The van der Waals surface area contributed by atoms with Crippen LogP contribution in [0.4, 0.5) is 0 Å². The van der Waals surface area contributed by atoms with Gasteiger partial charge in [0.2, 0.25) is 5.91 Å². The van der Waals surface area contributed by atoms with Crippen LogP contribution in [0.25, 0.3) is 0 Å². The molecule has 1 aliphatic carbocycles. The van der Waals surface area contributed by atoms with E-state index < -0.39 is 0 Å². The normalized spacial score (nSPS) is 14.9. The standard InChI is InChI=1S/C12H20N4O/c1-2-13-7-11-8-14-9-16(11)6-5-12(17)15-10-3-4-10/h8-10,13H,2-7H2,1H3,(H,15,17). The zero-order valence-corrected chi connectivity index (χ0v) is 10.3. The van der Waals surface area contributed by atoms with Crippen LogP contribution in [-0.4, -0.2) is 28.0 Å². The Morgan fingerprint density at radius 1 is 1.59 bits per heavy atom. The van der Waals surface area contributed by atoms with E-state index in [1.165, 1.54) is 0 Å². The van der Waals surface area contributed by atoms with Crippen LogP contribution >= 0.6 is 0 Å². The Morgan fingerprint density at radius 3 is 3.12 bits per heavy atom. The third kappa shape index (κ3) is 3.85. The molecule has 94 valence electrons. The van der Waals surface area contributed by atoms with Crippen LogP contribution in [0.5, 0.6) is 0 Å². The monoisotopic (exact) mass is 236 g/mol. The van der Waals surface area contributed by atoms with E-state index in [0.717, 1.165) is 31.6 Å². The predicted molar refractivity (Wildman–Crippen MR) is 65.4 cm³/mol. The van der Waals surface area contributed by atoms with Gasteiger partial charge in [0.15, 0.2) is 0 Å². The summed E-state index contributed by atoms with van der Waals surface area (Å²) in [6, 6.07) is 0.450. The van der Waals surface area contributed by atoms with Gasteiger partial charge in [0.05, 0.1) is 12.0 Å². The molecule has 1 aromatic rings. The van der Waals surface area contributed by atoms with Gasteiger partial charge in [-0.15, -0.1) is 0 Å². The van der Waals surface area contributed by atoms with Crippen molar-refractivity contribution >= 4 is 5.91 Å². The first-order chi connectivity index (χ1) is 8.29. The fourth-order valence-electron chi connectivity index (χ4n) is 1.70. The van der Waals surface area contributed by atoms with Gasteiger partial charge in [0.1, 0.15) is 0 Å². The molecule has 2 N–H and O–H groups in total. The average molecular weight is 236 g/mol.